The second-order valence-corrected chi connectivity index (χ2v) is 6.55. The zero-order valence-corrected chi connectivity index (χ0v) is 16.9. The van der Waals surface area contributed by atoms with Crippen molar-refractivity contribution in [2.24, 2.45) is 0 Å². The number of hydrogen-bond acceptors (Lipinski definition) is 6. The average Bonchev–Trinajstić information content (AvgIpc) is 3.24. The standard InChI is InChI=1S/C22H20F2N2O5/c1-29-18-6-3-13(9-16(18)22(28)30-2)11-25-20(27)7-8-21-26-12-19(31-21)15-5-4-14(23)10-17(15)24/h3-6,9-10,12H,7-8,11H2,1-2H3,(H,25,27). The first-order chi connectivity index (χ1) is 14.9. The fourth-order valence-corrected chi connectivity index (χ4v) is 2.88. The molecule has 0 unspecified atom stereocenters. The van der Waals surface area contributed by atoms with E-state index in [1.54, 1.807) is 18.2 Å². The molecule has 2 aromatic carbocycles. The van der Waals surface area contributed by atoms with E-state index in [1.165, 1.54) is 26.5 Å². The summed E-state index contributed by atoms with van der Waals surface area (Å²) in [6.07, 6.45) is 1.62. The van der Waals surface area contributed by atoms with Crippen LogP contribution in [0.25, 0.3) is 11.3 Å². The third-order valence-electron chi connectivity index (χ3n) is 4.47. The van der Waals surface area contributed by atoms with E-state index < -0.39 is 17.6 Å². The molecule has 0 aliphatic rings. The van der Waals surface area contributed by atoms with Crippen LogP contribution in [0, 0.1) is 11.6 Å². The summed E-state index contributed by atoms with van der Waals surface area (Å²) >= 11 is 0. The van der Waals surface area contributed by atoms with E-state index in [2.05, 4.69) is 10.3 Å². The normalized spacial score (nSPS) is 10.6. The largest absolute Gasteiger partial charge is 0.496 e. The van der Waals surface area contributed by atoms with Gasteiger partial charge in [-0.1, -0.05) is 6.07 Å². The molecule has 31 heavy (non-hydrogen) atoms. The number of halogens is 2. The minimum atomic E-state index is -0.758. The quantitative estimate of drug-likeness (QED) is 0.549. The Kier molecular flexibility index (Phi) is 6.96. The third-order valence-corrected chi connectivity index (χ3v) is 4.47. The SMILES string of the molecule is COC(=O)c1cc(CNC(=O)CCc2ncc(-c3ccc(F)cc3F)o2)ccc1OC. The van der Waals surface area contributed by atoms with Gasteiger partial charge in [-0.25, -0.2) is 18.6 Å². The zero-order valence-electron chi connectivity index (χ0n) is 16.9. The summed E-state index contributed by atoms with van der Waals surface area (Å²) in [4.78, 5) is 28.0. The number of oxazole rings is 1. The van der Waals surface area contributed by atoms with E-state index >= 15 is 0 Å². The molecule has 1 amide bonds. The Balaban J connectivity index is 1.55. The number of benzene rings is 2. The Bertz CT molecular complexity index is 1100. The summed E-state index contributed by atoms with van der Waals surface area (Å²) in [5.41, 5.74) is 1.04. The van der Waals surface area contributed by atoms with Crippen LogP contribution in [0.5, 0.6) is 5.75 Å². The lowest BCUT2D eigenvalue weighted by molar-refractivity contribution is -0.121. The highest BCUT2D eigenvalue weighted by molar-refractivity contribution is 5.92. The molecule has 0 atom stereocenters. The van der Waals surface area contributed by atoms with Crippen LogP contribution in [0.2, 0.25) is 0 Å². The Morgan fingerprint density at radius 1 is 1.13 bits per heavy atom. The number of aromatic nitrogens is 1. The smallest absolute Gasteiger partial charge is 0.341 e. The number of nitrogens with one attached hydrogen (secondary N) is 1. The Labute approximate surface area is 177 Å². The van der Waals surface area contributed by atoms with Crippen molar-refractivity contribution in [3.8, 4) is 17.1 Å². The molecule has 1 heterocycles. The second kappa shape index (κ2) is 9.84. The first-order valence-electron chi connectivity index (χ1n) is 9.33. The highest BCUT2D eigenvalue weighted by Crippen LogP contribution is 2.24. The molecule has 0 radical (unpaired) electrons. The fourth-order valence-electron chi connectivity index (χ4n) is 2.88. The predicted octanol–water partition coefficient (Wildman–Crippen LogP) is 3.66. The van der Waals surface area contributed by atoms with Gasteiger partial charge in [0.25, 0.3) is 0 Å². The molecule has 3 rings (SSSR count). The van der Waals surface area contributed by atoms with Crippen LogP contribution in [0.1, 0.15) is 28.2 Å². The molecule has 3 aromatic rings. The maximum absolute atomic E-state index is 13.8. The van der Waals surface area contributed by atoms with Gasteiger partial charge in [0.15, 0.2) is 11.7 Å². The maximum atomic E-state index is 13.8. The first-order valence-corrected chi connectivity index (χ1v) is 9.33. The second-order valence-electron chi connectivity index (χ2n) is 6.55. The molecule has 1 N–H and O–H groups in total. The first kappa shape index (κ1) is 21.9. The lowest BCUT2D eigenvalue weighted by Gasteiger charge is -2.10. The minimum absolute atomic E-state index is 0.0884. The van der Waals surface area contributed by atoms with E-state index in [-0.39, 0.29) is 48.1 Å². The van der Waals surface area contributed by atoms with Gasteiger partial charge in [-0.3, -0.25) is 4.79 Å². The lowest BCUT2D eigenvalue weighted by atomic mass is 10.1. The van der Waals surface area contributed by atoms with E-state index in [4.69, 9.17) is 13.9 Å². The Morgan fingerprint density at radius 2 is 1.94 bits per heavy atom. The van der Waals surface area contributed by atoms with Gasteiger partial charge in [-0.2, -0.15) is 0 Å². The van der Waals surface area contributed by atoms with Crippen LogP contribution >= 0.6 is 0 Å². The molecule has 7 nitrogen and oxygen atoms in total. The van der Waals surface area contributed by atoms with Gasteiger partial charge < -0.3 is 19.2 Å². The van der Waals surface area contributed by atoms with Gasteiger partial charge >= 0.3 is 5.97 Å². The summed E-state index contributed by atoms with van der Waals surface area (Å²) in [5.74, 6) is -1.46. The number of nitrogens with zero attached hydrogens (tertiary/aromatic N) is 1. The van der Waals surface area contributed by atoms with Crippen LogP contribution in [-0.2, 0) is 22.5 Å². The fraction of sp³-hybridized carbons (Fsp3) is 0.227. The van der Waals surface area contributed by atoms with Crippen molar-refractivity contribution < 1.29 is 32.3 Å². The number of esters is 1. The van der Waals surface area contributed by atoms with Crippen LogP contribution < -0.4 is 10.1 Å². The van der Waals surface area contributed by atoms with E-state index in [1.807, 2.05) is 0 Å². The zero-order chi connectivity index (χ0) is 22.4. The summed E-state index contributed by atoms with van der Waals surface area (Å²) < 4.78 is 42.2. The number of rotatable bonds is 8. The van der Waals surface area contributed by atoms with Crippen molar-refractivity contribution >= 4 is 11.9 Å². The third kappa shape index (κ3) is 5.44. The van der Waals surface area contributed by atoms with Gasteiger partial charge in [-0.05, 0) is 29.8 Å². The number of ether oxygens (including phenoxy) is 2. The molecule has 0 bridgehead atoms. The van der Waals surface area contributed by atoms with Crippen molar-refractivity contribution in [1.82, 2.24) is 10.3 Å². The number of aryl methyl sites for hydroxylation is 1. The molecule has 0 saturated carbocycles. The van der Waals surface area contributed by atoms with Crippen molar-refractivity contribution in [2.45, 2.75) is 19.4 Å². The molecule has 0 spiro atoms. The van der Waals surface area contributed by atoms with Crippen molar-refractivity contribution in [3.63, 3.8) is 0 Å². The monoisotopic (exact) mass is 430 g/mol. The minimum Gasteiger partial charge on any atom is -0.496 e. The molecular formula is C22H20F2N2O5. The highest BCUT2D eigenvalue weighted by atomic mass is 19.1. The number of amides is 1. The lowest BCUT2D eigenvalue weighted by Crippen LogP contribution is -2.23. The summed E-state index contributed by atoms with van der Waals surface area (Å²) in [6.45, 7) is 0.199. The van der Waals surface area contributed by atoms with Crippen molar-refractivity contribution in [2.75, 3.05) is 14.2 Å². The maximum Gasteiger partial charge on any atom is 0.341 e. The van der Waals surface area contributed by atoms with Crippen LogP contribution in [0.3, 0.4) is 0 Å². The van der Waals surface area contributed by atoms with Crippen LogP contribution in [0.15, 0.2) is 47.0 Å². The molecule has 0 aliphatic heterocycles. The molecule has 0 saturated heterocycles. The highest BCUT2D eigenvalue weighted by Gasteiger charge is 2.15. The van der Waals surface area contributed by atoms with E-state index in [9.17, 15) is 18.4 Å². The molecule has 1 aromatic heterocycles. The molecule has 9 heteroatoms. The topological polar surface area (TPSA) is 90.7 Å². The van der Waals surface area contributed by atoms with Crippen molar-refractivity contribution in [3.05, 3.63) is 71.2 Å². The van der Waals surface area contributed by atoms with E-state index in [0.29, 0.717) is 11.3 Å². The van der Waals surface area contributed by atoms with Gasteiger partial charge in [0.05, 0.1) is 26.0 Å². The predicted molar refractivity (Wildman–Crippen MR) is 106 cm³/mol. The summed E-state index contributed by atoms with van der Waals surface area (Å²) in [6, 6.07) is 8.08. The Hall–Kier alpha value is -3.75. The van der Waals surface area contributed by atoms with E-state index in [0.717, 1.165) is 12.1 Å². The molecular weight excluding hydrogens is 410 g/mol. The number of carbonyl (C=O) groups excluding carboxylic acids is 2. The summed E-state index contributed by atoms with van der Waals surface area (Å²) in [7, 11) is 2.72. The summed E-state index contributed by atoms with van der Waals surface area (Å²) in [5, 5.41) is 2.74. The molecule has 162 valence electrons. The van der Waals surface area contributed by atoms with Gasteiger partial charge in [-0.15, -0.1) is 0 Å². The van der Waals surface area contributed by atoms with Gasteiger partial charge in [0.2, 0.25) is 5.91 Å². The Morgan fingerprint density at radius 3 is 2.65 bits per heavy atom. The molecule has 0 aliphatic carbocycles. The number of carbonyl (C=O) groups is 2. The number of hydrogen-bond donors (Lipinski definition) is 1. The van der Waals surface area contributed by atoms with Crippen LogP contribution in [0.4, 0.5) is 8.78 Å². The van der Waals surface area contributed by atoms with Gasteiger partial charge in [0, 0.05) is 25.5 Å². The van der Waals surface area contributed by atoms with Gasteiger partial charge in [0.1, 0.15) is 22.9 Å². The average molecular weight is 430 g/mol. The number of methoxy groups -OCH3 is 2. The van der Waals surface area contributed by atoms with Crippen LogP contribution in [-0.4, -0.2) is 31.1 Å². The molecule has 0 fully saturated rings. The van der Waals surface area contributed by atoms with Crippen molar-refractivity contribution in [1.29, 1.82) is 0 Å².